The molecule has 0 saturated carbocycles. The maximum atomic E-state index is 11.9. The van der Waals surface area contributed by atoms with Crippen molar-refractivity contribution in [3.05, 3.63) is 53.6 Å². The van der Waals surface area contributed by atoms with Crippen LogP contribution in [0.5, 0.6) is 11.5 Å². The molecule has 0 aliphatic heterocycles. The van der Waals surface area contributed by atoms with Crippen molar-refractivity contribution in [2.24, 2.45) is 0 Å². The quantitative estimate of drug-likeness (QED) is 0.791. The Hall–Kier alpha value is -3.33. The summed E-state index contributed by atoms with van der Waals surface area (Å²) in [6.07, 6.45) is 0.965. The monoisotopic (exact) mass is 324 g/mol. The predicted molar refractivity (Wildman–Crippen MR) is 88.3 cm³/mol. The third-order valence-corrected chi connectivity index (χ3v) is 3.22. The first-order valence-electron chi connectivity index (χ1n) is 7.18. The fourth-order valence-corrected chi connectivity index (χ4v) is 2.01. The number of rotatable bonds is 7. The van der Waals surface area contributed by atoms with Crippen LogP contribution in [0.15, 0.2) is 42.5 Å². The first kappa shape index (κ1) is 17.0. The summed E-state index contributed by atoms with van der Waals surface area (Å²) in [5, 5.41) is 11.3. The summed E-state index contributed by atoms with van der Waals surface area (Å²) in [5.41, 5.74) is 1.79. The third kappa shape index (κ3) is 4.58. The SMILES string of the molecule is COc1ccc(OCC(=O)Nc2ccc(CC#N)cc2)c(C=O)c1. The molecule has 0 aromatic heterocycles. The zero-order valence-electron chi connectivity index (χ0n) is 13.1. The van der Waals surface area contributed by atoms with Gasteiger partial charge in [0, 0.05) is 5.69 Å². The minimum absolute atomic E-state index is 0.229. The van der Waals surface area contributed by atoms with Crippen LogP contribution < -0.4 is 14.8 Å². The molecule has 2 aromatic rings. The van der Waals surface area contributed by atoms with Crippen molar-refractivity contribution in [3.63, 3.8) is 0 Å². The zero-order valence-corrected chi connectivity index (χ0v) is 13.1. The molecule has 1 N–H and O–H groups in total. The van der Waals surface area contributed by atoms with Crippen LogP contribution in [0.25, 0.3) is 0 Å². The Morgan fingerprint density at radius 3 is 2.62 bits per heavy atom. The van der Waals surface area contributed by atoms with E-state index < -0.39 is 0 Å². The first-order valence-corrected chi connectivity index (χ1v) is 7.18. The number of amides is 1. The molecule has 1 amide bonds. The summed E-state index contributed by atoms with van der Waals surface area (Å²) in [7, 11) is 1.50. The lowest BCUT2D eigenvalue weighted by Crippen LogP contribution is -2.20. The van der Waals surface area contributed by atoms with E-state index in [4.69, 9.17) is 14.7 Å². The van der Waals surface area contributed by atoms with Crippen molar-refractivity contribution in [3.8, 4) is 17.6 Å². The summed E-state index contributed by atoms with van der Waals surface area (Å²) in [6, 6.07) is 13.8. The van der Waals surface area contributed by atoms with E-state index in [0.29, 0.717) is 35.5 Å². The molecular weight excluding hydrogens is 308 g/mol. The number of nitrogens with one attached hydrogen (secondary N) is 1. The molecule has 0 spiro atoms. The van der Waals surface area contributed by atoms with Gasteiger partial charge in [0.25, 0.3) is 5.91 Å². The molecule has 122 valence electrons. The van der Waals surface area contributed by atoms with E-state index in [1.165, 1.54) is 13.2 Å². The fraction of sp³-hybridized carbons (Fsp3) is 0.167. The van der Waals surface area contributed by atoms with Gasteiger partial charge in [0.1, 0.15) is 11.5 Å². The average Bonchev–Trinajstić information content (AvgIpc) is 2.61. The first-order chi connectivity index (χ1) is 11.7. The highest BCUT2D eigenvalue weighted by Gasteiger charge is 2.08. The van der Waals surface area contributed by atoms with Gasteiger partial charge in [-0.1, -0.05) is 12.1 Å². The molecule has 0 saturated heterocycles. The van der Waals surface area contributed by atoms with Gasteiger partial charge in [0.2, 0.25) is 0 Å². The lowest BCUT2D eigenvalue weighted by atomic mass is 10.1. The Morgan fingerprint density at radius 2 is 2.00 bits per heavy atom. The van der Waals surface area contributed by atoms with Crippen LogP contribution in [0.1, 0.15) is 15.9 Å². The number of nitrogens with zero attached hydrogens (tertiary/aromatic N) is 1. The Morgan fingerprint density at radius 1 is 1.25 bits per heavy atom. The van der Waals surface area contributed by atoms with Crippen molar-refractivity contribution < 1.29 is 19.1 Å². The number of anilines is 1. The highest BCUT2D eigenvalue weighted by Crippen LogP contribution is 2.22. The molecule has 6 heteroatoms. The Bertz CT molecular complexity index is 764. The highest BCUT2D eigenvalue weighted by molar-refractivity contribution is 5.92. The maximum absolute atomic E-state index is 11.9. The molecule has 2 aromatic carbocycles. The minimum Gasteiger partial charge on any atom is -0.497 e. The molecule has 0 fully saturated rings. The van der Waals surface area contributed by atoms with E-state index in [1.807, 2.05) is 0 Å². The lowest BCUT2D eigenvalue weighted by Gasteiger charge is -2.10. The van der Waals surface area contributed by atoms with Gasteiger partial charge in [-0.05, 0) is 35.9 Å². The molecule has 0 aliphatic carbocycles. The van der Waals surface area contributed by atoms with Crippen LogP contribution in [-0.2, 0) is 11.2 Å². The van der Waals surface area contributed by atoms with Gasteiger partial charge in [-0.3, -0.25) is 9.59 Å². The van der Waals surface area contributed by atoms with E-state index in [-0.39, 0.29) is 12.5 Å². The molecule has 2 rings (SSSR count). The van der Waals surface area contributed by atoms with Crippen molar-refractivity contribution in [1.82, 2.24) is 0 Å². The van der Waals surface area contributed by atoms with Crippen molar-refractivity contribution in [2.75, 3.05) is 19.0 Å². The number of benzene rings is 2. The van der Waals surface area contributed by atoms with Gasteiger partial charge in [-0.25, -0.2) is 0 Å². The molecule has 0 bridgehead atoms. The van der Waals surface area contributed by atoms with Gasteiger partial charge >= 0.3 is 0 Å². The highest BCUT2D eigenvalue weighted by atomic mass is 16.5. The summed E-state index contributed by atoms with van der Waals surface area (Å²) in [6.45, 7) is -0.229. The second-order valence-electron chi connectivity index (χ2n) is 4.89. The second kappa shape index (κ2) is 8.34. The summed E-state index contributed by atoms with van der Waals surface area (Å²) < 4.78 is 10.4. The number of carbonyl (C=O) groups excluding carboxylic acids is 2. The number of hydrogen-bond donors (Lipinski definition) is 1. The minimum atomic E-state index is -0.351. The van der Waals surface area contributed by atoms with Crippen LogP contribution in [0.3, 0.4) is 0 Å². The summed E-state index contributed by atoms with van der Waals surface area (Å²) in [4.78, 5) is 23.0. The van der Waals surface area contributed by atoms with Gasteiger partial charge in [0.05, 0.1) is 25.2 Å². The summed E-state index contributed by atoms with van der Waals surface area (Å²) in [5.74, 6) is 0.493. The number of aldehydes is 1. The number of hydrogen-bond acceptors (Lipinski definition) is 5. The average molecular weight is 324 g/mol. The van der Waals surface area contributed by atoms with Crippen LogP contribution >= 0.6 is 0 Å². The molecule has 0 unspecified atom stereocenters. The molecule has 0 heterocycles. The maximum Gasteiger partial charge on any atom is 0.262 e. The van der Waals surface area contributed by atoms with Crippen LogP contribution in [0.2, 0.25) is 0 Å². The Labute approximate surface area is 139 Å². The van der Waals surface area contributed by atoms with Gasteiger partial charge in [-0.2, -0.15) is 5.26 Å². The van der Waals surface area contributed by atoms with Crippen LogP contribution in [0, 0.1) is 11.3 Å². The van der Waals surface area contributed by atoms with E-state index in [2.05, 4.69) is 11.4 Å². The van der Waals surface area contributed by atoms with E-state index in [1.54, 1.807) is 36.4 Å². The van der Waals surface area contributed by atoms with Gasteiger partial charge < -0.3 is 14.8 Å². The molecule has 0 radical (unpaired) electrons. The van der Waals surface area contributed by atoms with Crippen molar-refractivity contribution in [1.29, 1.82) is 5.26 Å². The second-order valence-corrected chi connectivity index (χ2v) is 4.89. The smallest absolute Gasteiger partial charge is 0.262 e. The molecular formula is C18H16N2O4. The van der Waals surface area contributed by atoms with E-state index in [0.717, 1.165) is 5.56 Å². The van der Waals surface area contributed by atoms with Crippen molar-refractivity contribution >= 4 is 17.9 Å². The molecule has 6 nitrogen and oxygen atoms in total. The largest absolute Gasteiger partial charge is 0.497 e. The Kier molecular flexibility index (Phi) is 5.92. The number of ether oxygens (including phenoxy) is 2. The number of nitriles is 1. The van der Waals surface area contributed by atoms with Gasteiger partial charge in [-0.15, -0.1) is 0 Å². The fourth-order valence-electron chi connectivity index (χ4n) is 2.01. The lowest BCUT2D eigenvalue weighted by molar-refractivity contribution is -0.118. The Balaban J connectivity index is 1.93. The number of methoxy groups -OCH3 is 1. The molecule has 0 atom stereocenters. The van der Waals surface area contributed by atoms with Crippen LogP contribution in [-0.4, -0.2) is 25.9 Å². The van der Waals surface area contributed by atoms with Crippen LogP contribution in [0.4, 0.5) is 5.69 Å². The van der Waals surface area contributed by atoms with Gasteiger partial charge in [0.15, 0.2) is 12.9 Å². The van der Waals surface area contributed by atoms with E-state index in [9.17, 15) is 9.59 Å². The standard InChI is InChI=1S/C18H16N2O4/c1-23-16-6-7-17(14(10-16)11-21)24-12-18(22)20-15-4-2-13(3-5-15)8-9-19/h2-7,10-11H,8,12H2,1H3,(H,20,22). The predicted octanol–water partition coefficient (Wildman–Crippen LogP) is 2.59. The van der Waals surface area contributed by atoms with E-state index >= 15 is 0 Å². The topological polar surface area (TPSA) is 88.4 Å². The summed E-state index contributed by atoms with van der Waals surface area (Å²) >= 11 is 0. The zero-order chi connectivity index (χ0) is 17.4. The third-order valence-electron chi connectivity index (χ3n) is 3.22. The molecule has 0 aliphatic rings. The molecule has 24 heavy (non-hydrogen) atoms. The van der Waals surface area contributed by atoms with Crippen molar-refractivity contribution in [2.45, 2.75) is 6.42 Å². The normalized spacial score (nSPS) is 9.67. The number of carbonyl (C=O) groups is 2.